The van der Waals surface area contributed by atoms with E-state index in [9.17, 15) is 14.4 Å². The molecule has 8 heteroatoms. The number of carbonyl (C=O) groups excluding carboxylic acids is 1. The number of carbonyl (C=O) groups is 1. The molecule has 0 N–H and O–H groups in total. The minimum atomic E-state index is -0.212. The molecule has 0 aliphatic carbocycles. The van der Waals surface area contributed by atoms with Gasteiger partial charge in [0.05, 0.1) is 11.7 Å². The molecule has 1 fully saturated rings. The lowest BCUT2D eigenvalue weighted by atomic mass is 9.92. The van der Waals surface area contributed by atoms with Gasteiger partial charge in [-0.05, 0) is 44.7 Å². The van der Waals surface area contributed by atoms with Crippen LogP contribution in [0.15, 0.2) is 33.9 Å². The normalized spacial score (nSPS) is 15.6. The van der Waals surface area contributed by atoms with E-state index in [1.54, 1.807) is 21.7 Å². The first kappa shape index (κ1) is 21.9. The van der Waals surface area contributed by atoms with E-state index in [0.29, 0.717) is 19.6 Å². The molecular weight excluding hydrogens is 382 g/mol. The second kappa shape index (κ2) is 8.53. The Kier molecular flexibility index (Phi) is 6.24. The van der Waals surface area contributed by atoms with E-state index in [0.717, 1.165) is 18.5 Å². The maximum Gasteiger partial charge on any atom is 0.274 e. The van der Waals surface area contributed by atoms with Crippen LogP contribution in [-0.4, -0.2) is 43.5 Å². The van der Waals surface area contributed by atoms with Gasteiger partial charge in [-0.2, -0.15) is 10.2 Å². The Morgan fingerprint density at radius 1 is 1.03 bits per heavy atom. The van der Waals surface area contributed by atoms with E-state index in [4.69, 9.17) is 0 Å². The Bertz CT molecular complexity index is 1020. The number of hydrogen-bond acceptors (Lipinski definition) is 5. The largest absolute Gasteiger partial charge is 0.337 e. The predicted octanol–water partition coefficient (Wildman–Crippen LogP) is 2.23. The van der Waals surface area contributed by atoms with Crippen LogP contribution in [0.2, 0.25) is 0 Å². The summed E-state index contributed by atoms with van der Waals surface area (Å²) in [6.07, 6.45) is 1.59. The van der Waals surface area contributed by atoms with Crippen LogP contribution in [0, 0.1) is 5.92 Å². The monoisotopic (exact) mass is 413 g/mol. The molecule has 2 aromatic rings. The van der Waals surface area contributed by atoms with E-state index >= 15 is 0 Å². The Morgan fingerprint density at radius 2 is 1.67 bits per heavy atom. The number of piperidine rings is 1. The highest BCUT2D eigenvalue weighted by Gasteiger charge is 2.26. The third-order valence-electron chi connectivity index (χ3n) is 5.50. The molecule has 1 saturated heterocycles. The molecule has 0 spiro atoms. The van der Waals surface area contributed by atoms with Gasteiger partial charge in [0.15, 0.2) is 0 Å². The lowest BCUT2D eigenvalue weighted by Gasteiger charge is -2.32. The van der Waals surface area contributed by atoms with Crippen molar-refractivity contribution in [3.8, 4) is 0 Å². The van der Waals surface area contributed by atoms with Gasteiger partial charge in [-0.25, -0.2) is 9.36 Å². The van der Waals surface area contributed by atoms with Crippen LogP contribution in [0.25, 0.3) is 0 Å². The topological polar surface area (TPSA) is 90.1 Å². The molecule has 3 rings (SSSR count). The molecule has 0 atom stereocenters. The maximum atomic E-state index is 12.8. The summed E-state index contributed by atoms with van der Waals surface area (Å²) in [4.78, 5) is 38.7. The molecular formula is C22H31N5O3. The van der Waals surface area contributed by atoms with Crippen molar-refractivity contribution in [2.45, 2.75) is 65.5 Å². The van der Waals surface area contributed by atoms with Gasteiger partial charge in [-0.3, -0.25) is 14.4 Å². The Balaban J connectivity index is 1.66. The van der Waals surface area contributed by atoms with Crippen LogP contribution < -0.4 is 11.1 Å². The molecule has 0 saturated carbocycles. The van der Waals surface area contributed by atoms with Crippen molar-refractivity contribution >= 4 is 5.91 Å². The molecule has 1 aliphatic rings. The fourth-order valence-corrected chi connectivity index (χ4v) is 3.61. The lowest BCUT2D eigenvalue weighted by molar-refractivity contribution is 0.0671. The highest BCUT2D eigenvalue weighted by Crippen LogP contribution is 2.21. The minimum absolute atomic E-state index is 0.0957. The molecule has 1 amide bonds. The van der Waals surface area contributed by atoms with Crippen LogP contribution in [-0.2, 0) is 12.0 Å². The molecule has 1 aliphatic heterocycles. The number of aromatic nitrogens is 4. The van der Waals surface area contributed by atoms with Gasteiger partial charge in [0, 0.05) is 37.2 Å². The van der Waals surface area contributed by atoms with Crippen LogP contribution in [0.4, 0.5) is 0 Å². The smallest absolute Gasteiger partial charge is 0.274 e. The van der Waals surface area contributed by atoms with Gasteiger partial charge in [0.25, 0.3) is 17.0 Å². The second-order valence-electron chi connectivity index (χ2n) is 9.32. The van der Waals surface area contributed by atoms with E-state index in [1.807, 2.05) is 13.8 Å². The summed E-state index contributed by atoms with van der Waals surface area (Å²) in [7, 11) is 0. The molecule has 30 heavy (non-hydrogen) atoms. The summed E-state index contributed by atoms with van der Waals surface area (Å²) in [5, 5.41) is 8.79. The van der Waals surface area contributed by atoms with Gasteiger partial charge in [0.2, 0.25) is 0 Å². The minimum Gasteiger partial charge on any atom is -0.337 e. The summed E-state index contributed by atoms with van der Waals surface area (Å²) in [6, 6.07) is 6.17. The summed E-state index contributed by atoms with van der Waals surface area (Å²) in [5.41, 5.74) is 0.751. The molecule has 2 aromatic heterocycles. The SMILES string of the molecule is CC(C)n1nc(C(=O)N2CCC(Cn3nc(C(C)(C)C)ccc3=O)CC2)ccc1=O. The van der Waals surface area contributed by atoms with Crippen LogP contribution in [0.3, 0.4) is 0 Å². The number of hydrogen-bond donors (Lipinski definition) is 0. The molecule has 0 bridgehead atoms. The Labute approximate surface area is 176 Å². The fourth-order valence-electron chi connectivity index (χ4n) is 3.61. The van der Waals surface area contributed by atoms with Crippen molar-refractivity contribution < 1.29 is 4.79 Å². The first-order valence-corrected chi connectivity index (χ1v) is 10.5. The first-order valence-electron chi connectivity index (χ1n) is 10.5. The van der Waals surface area contributed by atoms with Crippen LogP contribution in [0.1, 0.15) is 69.7 Å². The van der Waals surface area contributed by atoms with Gasteiger partial charge in [-0.1, -0.05) is 20.8 Å². The van der Waals surface area contributed by atoms with E-state index in [-0.39, 0.29) is 40.1 Å². The summed E-state index contributed by atoms with van der Waals surface area (Å²) in [6.45, 7) is 11.7. The maximum absolute atomic E-state index is 12.8. The Hall–Kier alpha value is -2.77. The van der Waals surface area contributed by atoms with E-state index in [1.165, 1.54) is 16.8 Å². The van der Waals surface area contributed by atoms with Gasteiger partial charge >= 0.3 is 0 Å². The average Bonchev–Trinajstić information content (AvgIpc) is 2.69. The average molecular weight is 414 g/mol. The third kappa shape index (κ3) is 4.86. The van der Waals surface area contributed by atoms with E-state index < -0.39 is 0 Å². The number of amides is 1. The zero-order valence-corrected chi connectivity index (χ0v) is 18.5. The third-order valence-corrected chi connectivity index (χ3v) is 5.50. The molecule has 0 radical (unpaired) electrons. The number of likely N-dealkylation sites (tertiary alicyclic amines) is 1. The quantitative estimate of drug-likeness (QED) is 0.767. The Morgan fingerprint density at radius 3 is 2.27 bits per heavy atom. The molecule has 3 heterocycles. The van der Waals surface area contributed by atoms with Crippen molar-refractivity contribution in [2.75, 3.05) is 13.1 Å². The molecule has 0 aromatic carbocycles. The summed E-state index contributed by atoms with van der Waals surface area (Å²) >= 11 is 0. The van der Waals surface area contributed by atoms with Crippen molar-refractivity contribution in [3.63, 3.8) is 0 Å². The van der Waals surface area contributed by atoms with Gasteiger partial charge in [-0.15, -0.1) is 0 Å². The zero-order chi connectivity index (χ0) is 22.1. The first-order chi connectivity index (χ1) is 14.1. The van der Waals surface area contributed by atoms with Crippen molar-refractivity contribution in [2.24, 2.45) is 5.92 Å². The van der Waals surface area contributed by atoms with Crippen LogP contribution >= 0.6 is 0 Å². The predicted molar refractivity (Wildman–Crippen MR) is 115 cm³/mol. The zero-order valence-electron chi connectivity index (χ0n) is 18.5. The van der Waals surface area contributed by atoms with Gasteiger partial charge in [0.1, 0.15) is 5.69 Å². The molecule has 162 valence electrons. The summed E-state index contributed by atoms with van der Waals surface area (Å²) < 4.78 is 2.89. The molecule has 8 nitrogen and oxygen atoms in total. The van der Waals surface area contributed by atoms with Crippen molar-refractivity contribution in [3.05, 3.63) is 56.4 Å². The molecule has 0 unspecified atom stereocenters. The highest BCUT2D eigenvalue weighted by molar-refractivity contribution is 5.92. The lowest BCUT2D eigenvalue weighted by Crippen LogP contribution is -2.41. The standard InChI is InChI=1S/C22H31N5O3/c1-15(2)27-20(29)8-6-17(23-27)21(30)25-12-10-16(11-13-25)14-26-19(28)9-7-18(24-26)22(3,4)5/h6-9,15-16H,10-14H2,1-5H3. The van der Waals surface area contributed by atoms with Gasteiger partial charge < -0.3 is 4.90 Å². The second-order valence-corrected chi connectivity index (χ2v) is 9.32. The number of nitrogens with zero attached hydrogens (tertiary/aromatic N) is 5. The highest BCUT2D eigenvalue weighted by atomic mass is 16.2. The summed E-state index contributed by atoms with van der Waals surface area (Å²) in [5.74, 6) is 0.125. The van der Waals surface area contributed by atoms with Crippen LogP contribution in [0.5, 0.6) is 0 Å². The van der Waals surface area contributed by atoms with Crippen molar-refractivity contribution in [1.82, 2.24) is 24.5 Å². The fraction of sp³-hybridized carbons (Fsp3) is 0.591. The van der Waals surface area contributed by atoms with E-state index in [2.05, 4.69) is 31.0 Å². The van der Waals surface area contributed by atoms with Crippen molar-refractivity contribution in [1.29, 1.82) is 0 Å². The number of rotatable bonds is 4.